The van der Waals surface area contributed by atoms with Crippen molar-refractivity contribution in [2.45, 2.75) is 25.7 Å². The number of carbonyl (C=O) groups excluding carboxylic acids is 2. The number of fused-ring (bicyclic) bond motifs is 8. The van der Waals surface area contributed by atoms with E-state index in [0.29, 0.717) is 11.8 Å². The van der Waals surface area contributed by atoms with Gasteiger partial charge in [-0.2, -0.15) is 0 Å². The second-order valence-electron chi connectivity index (χ2n) is 5.61. The van der Waals surface area contributed by atoms with Crippen molar-refractivity contribution in [1.29, 1.82) is 0 Å². The van der Waals surface area contributed by atoms with Crippen LogP contribution < -0.4 is 0 Å². The van der Waals surface area contributed by atoms with Crippen LogP contribution in [0.2, 0.25) is 0 Å². The van der Waals surface area contributed by atoms with Gasteiger partial charge in [0.15, 0.2) is 0 Å². The lowest BCUT2D eigenvalue weighted by atomic mass is 9.70. The van der Waals surface area contributed by atoms with E-state index < -0.39 is 0 Å². The molecule has 2 bridgehead atoms. The van der Waals surface area contributed by atoms with E-state index in [4.69, 9.17) is 4.74 Å². The molecule has 0 aromatic heterocycles. The fourth-order valence-corrected chi connectivity index (χ4v) is 4.98. The molecule has 0 aromatic carbocycles. The molecule has 0 spiro atoms. The lowest BCUT2D eigenvalue weighted by Crippen LogP contribution is -2.34. The maximum absolute atomic E-state index is 11.6. The van der Waals surface area contributed by atoms with Gasteiger partial charge in [-0.25, -0.2) is 0 Å². The van der Waals surface area contributed by atoms with Crippen LogP contribution in [0, 0.1) is 35.5 Å². The van der Waals surface area contributed by atoms with Crippen LogP contribution in [0.4, 0.5) is 0 Å². The predicted molar refractivity (Wildman–Crippen MR) is 50.5 cm³/mol. The molecular weight excluding hydrogens is 192 g/mol. The normalized spacial score (nSPS) is 55.7. The first-order valence-corrected chi connectivity index (χ1v) is 6.03. The molecule has 0 radical (unpaired) electrons. The Bertz CT molecular complexity index is 330. The van der Waals surface area contributed by atoms with Gasteiger partial charge >= 0.3 is 11.9 Å². The molecule has 3 heteroatoms. The summed E-state index contributed by atoms with van der Waals surface area (Å²) in [5, 5.41) is 0. The van der Waals surface area contributed by atoms with Crippen LogP contribution in [0.15, 0.2) is 0 Å². The summed E-state index contributed by atoms with van der Waals surface area (Å²) in [5.74, 6) is 1.87. The first-order chi connectivity index (χ1) is 7.27. The third kappa shape index (κ3) is 0.800. The van der Waals surface area contributed by atoms with Crippen LogP contribution in [0.3, 0.4) is 0 Å². The smallest absolute Gasteiger partial charge is 0.317 e. The maximum atomic E-state index is 11.6. The Hall–Kier alpha value is -0.860. The lowest BCUT2D eigenvalue weighted by molar-refractivity contribution is -0.154. The number of ether oxygens (including phenoxy) is 1. The van der Waals surface area contributed by atoms with Crippen molar-refractivity contribution in [3.8, 4) is 0 Å². The van der Waals surface area contributed by atoms with Gasteiger partial charge in [0.05, 0.1) is 11.8 Å². The van der Waals surface area contributed by atoms with E-state index in [1.807, 2.05) is 0 Å². The number of esters is 2. The van der Waals surface area contributed by atoms with E-state index in [0.717, 1.165) is 18.3 Å². The Kier molecular flexibility index (Phi) is 1.35. The highest BCUT2D eigenvalue weighted by atomic mass is 16.6. The minimum atomic E-state index is -0.220. The zero-order chi connectivity index (χ0) is 10.2. The summed E-state index contributed by atoms with van der Waals surface area (Å²) in [6.07, 6.45) is 4.96. The monoisotopic (exact) mass is 206 g/mol. The van der Waals surface area contributed by atoms with Crippen molar-refractivity contribution in [2.24, 2.45) is 35.5 Å². The summed E-state index contributed by atoms with van der Waals surface area (Å²) in [5.41, 5.74) is 0. The zero-order valence-electron chi connectivity index (χ0n) is 8.52. The fourth-order valence-electron chi connectivity index (χ4n) is 4.98. The Morgan fingerprint density at radius 3 is 1.93 bits per heavy atom. The Morgan fingerprint density at radius 1 is 0.867 bits per heavy atom. The molecule has 80 valence electrons. The molecule has 4 rings (SSSR count). The van der Waals surface area contributed by atoms with Crippen molar-refractivity contribution in [2.75, 3.05) is 0 Å². The number of cyclic esters (lactones) is 2. The second-order valence-corrected chi connectivity index (χ2v) is 5.61. The molecule has 0 N–H and O–H groups in total. The molecule has 4 aliphatic rings. The van der Waals surface area contributed by atoms with Gasteiger partial charge in [-0.05, 0) is 42.9 Å². The summed E-state index contributed by atoms with van der Waals surface area (Å²) < 4.78 is 4.80. The maximum Gasteiger partial charge on any atom is 0.317 e. The number of hydrogen-bond donors (Lipinski definition) is 0. The van der Waals surface area contributed by atoms with Gasteiger partial charge in [-0.15, -0.1) is 0 Å². The molecule has 3 aliphatic carbocycles. The van der Waals surface area contributed by atoms with Crippen molar-refractivity contribution < 1.29 is 14.3 Å². The number of carbonyl (C=O) groups is 2. The highest BCUT2D eigenvalue weighted by Crippen LogP contribution is 2.65. The van der Waals surface area contributed by atoms with Gasteiger partial charge < -0.3 is 4.74 Å². The van der Waals surface area contributed by atoms with Crippen molar-refractivity contribution in [3.05, 3.63) is 0 Å². The molecule has 15 heavy (non-hydrogen) atoms. The topological polar surface area (TPSA) is 43.4 Å². The molecule has 0 amide bonds. The standard InChI is InChI=1S/C12H14O3/c13-11-9-7-4-8(10(9)12(14)15-11)6-3-1-2-5(6)7/h5-10H,1-4H2. The molecule has 6 atom stereocenters. The molecule has 6 unspecified atom stereocenters. The van der Waals surface area contributed by atoms with Gasteiger partial charge in [-0.3, -0.25) is 9.59 Å². The minimum absolute atomic E-state index is 0.0538. The molecule has 1 heterocycles. The Balaban J connectivity index is 1.78. The fraction of sp³-hybridized carbons (Fsp3) is 0.833. The van der Waals surface area contributed by atoms with Crippen LogP contribution in [0.1, 0.15) is 25.7 Å². The van der Waals surface area contributed by atoms with E-state index in [2.05, 4.69) is 0 Å². The van der Waals surface area contributed by atoms with Crippen molar-refractivity contribution in [1.82, 2.24) is 0 Å². The molecule has 1 aliphatic heterocycles. The Morgan fingerprint density at radius 2 is 1.40 bits per heavy atom. The van der Waals surface area contributed by atoms with E-state index in [1.54, 1.807) is 0 Å². The molecule has 4 fully saturated rings. The number of rotatable bonds is 0. The van der Waals surface area contributed by atoms with Gasteiger partial charge in [0, 0.05) is 0 Å². The summed E-state index contributed by atoms with van der Waals surface area (Å²) in [4.78, 5) is 23.2. The summed E-state index contributed by atoms with van der Waals surface area (Å²) >= 11 is 0. The quantitative estimate of drug-likeness (QED) is 0.444. The number of hydrogen-bond acceptors (Lipinski definition) is 3. The lowest BCUT2D eigenvalue weighted by Gasteiger charge is -2.30. The molecular formula is C12H14O3. The van der Waals surface area contributed by atoms with Crippen LogP contribution in [0.5, 0.6) is 0 Å². The van der Waals surface area contributed by atoms with Crippen LogP contribution in [-0.4, -0.2) is 11.9 Å². The van der Waals surface area contributed by atoms with E-state index in [-0.39, 0.29) is 23.8 Å². The summed E-state index contributed by atoms with van der Waals surface area (Å²) in [7, 11) is 0. The molecule has 1 saturated heterocycles. The first kappa shape index (κ1) is 8.31. The van der Waals surface area contributed by atoms with Crippen molar-refractivity contribution >= 4 is 11.9 Å². The van der Waals surface area contributed by atoms with Crippen LogP contribution >= 0.6 is 0 Å². The average molecular weight is 206 g/mol. The minimum Gasteiger partial charge on any atom is -0.393 e. The van der Waals surface area contributed by atoms with Gasteiger partial charge in [-0.1, -0.05) is 6.42 Å². The van der Waals surface area contributed by atoms with E-state index >= 15 is 0 Å². The predicted octanol–water partition coefficient (Wildman–Crippen LogP) is 1.37. The molecule has 3 nitrogen and oxygen atoms in total. The average Bonchev–Trinajstić information content (AvgIpc) is 2.88. The summed E-state index contributed by atoms with van der Waals surface area (Å²) in [6, 6.07) is 0. The largest absolute Gasteiger partial charge is 0.393 e. The highest BCUT2D eigenvalue weighted by Gasteiger charge is 2.66. The second kappa shape index (κ2) is 2.45. The first-order valence-electron chi connectivity index (χ1n) is 6.03. The molecule has 3 saturated carbocycles. The van der Waals surface area contributed by atoms with Crippen molar-refractivity contribution in [3.63, 3.8) is 0 Å². The third-order valence-electron chi connectivity index (χ3n) is 5.32. The molecule has 0 aromatic rings. The SMILES string of the molecule is O=C1OC(=O)C2C3CC(C4CCCC43)C12. The van der Waals surface area contributed by atoms with Gasteiger partial charge in [0.1, 0.15) is 0 Å². The third-order valence-corrected chi connectivity index (χ3v) is 5.32. The zero-order valence-corrected chi connectivity index (χ0v) is 8.52. The highest BCUT2D eigenvalue weighted by molar-refractivity contribution is 5.97. The van der Waals surface area contributed by atoms with Gasteiger partial charge in [0.2, 0.25) is 0 Å². The van der Waals surface area contributed by atoms with Crippen LogP contribution in [0.25, 0.3) is 0 Å². The van der Waals surface area contributed by atoms with Crippen LogP contribution in [-0.2, 0) is 14.3 Å². The van der Waals surface area contributed by atoms with E-state index in [1.165, 1.54) is 19.3 Å². The van der Waals surface area contributed by atoms with Gasteiger partial charge in [0.25, 0.3) is 0 Å². The van der Waals surface area contributed by atoms with E-state index in [9.17, 15) is 9.59 Å². The Labute approximate surface area is 88.2 Å². The summed E-state index contributed by atoms with van der Waals surface area (Å²) in [6.45, 7) is 0.